The SMILES string of the molecule is CSc1ccc(CN2CCN3Cc4nc(c5ccccc5n4)N[C@@H](C(C)C)C(=O)NC3C2)cc1. The first kappa shape index (κ1) is 23.1. The molecular weight excluding hydrogens is 444 g/mol. The first-order valence-corrected chi connectivity index (χ1v) is 13.1. The Kier molecular flexibility index (Phi) is 6.72. The summed E-state index contributed by atoms with van der Waals surface area (Å²) >= 11 is 1.76. The van der Waals surface area contributed by atoms with Gasteiger partial charge in [-0.25, -0.2) is 9.97 Å². The smallest absolute Gasteiger partial charge is 0.244 e. The molecule has 2 aromatic carbocycles. The summed E-state index contributed by atoms with van der Waals surface area (Å²) in [5, 5.41) is 7.72. The highest BCUT2D eigenvalue weighted by atomic mass is 32.2. The number of aromatic nitrogens is 2. The number of nitrogens with zero attached hydrogens (tertiary/aromatic N) is 4. The van der Waals surface area contributed by atoms with Crippen LogP contribution >= 0.6 is 11.8 Å². The Hall–Kier alpha value is -2.68. The summed E-state index contributed by atoms with van der Waals surface area (Å²) < 4.78 is 0. The number of amides is 1. The summed E-state index contributed by atoms with van der Waals surface area (Å²) in [5.41, 5.74) is 2.20. The summed E-state index contributed by atoms with van der Waals surface area (Å²) in [5.74, 6) is 1.65. The van der Waals surface area contributed by atoms with Gasteiger partial charge in [-0.3, -0.25) is 14.6 Å². The minimum Gasteiger partial charge on any atom is -0.358 e. The summed E-state index contributed by atoms with van der Waals surface area (Å²) in [6.07, 6.45) is 2.00. The van der Waals surface area contributed by atoms with Gasteiger partial charge >= 0.3 is 0 Å². The van der Waals surface area contributed by atoms with E-state index >= 15 is 0 Å². The number of para-hydroxylation sites is 1. The van der Waals surface area contributed by atoms with E-state index in [2.05, 4.69) is 64.8 Å². The molecule has 8 heteroatoms. The zero-order chi connectivity index (χ0) is 23.7. The summed E-state index contributed by atoms with van der Waals surface area (Å²) in [6.45, 7) is 8.15. The second kappa shape index (κ2) is 9.90. The number of nitrogens with one attached hydrogen (secondary N) is 2. The molecule has 2 N–H and O–H groups in total. The lowest BCUT2D eigenvalue weighted by Gasteiger charge is -2.42. The van der Waals surface area contributed by atoms with E-state index < -0.39 is 0 Å². The molecule has 34 heavy (non-hydrogen) atoms. The van der Waals surface area contributed by atoms with E-state index in [9.17, 15) is 4.79 Å². The Bertz CT molecular complexity index is 1170. The van der Waals surface area contributed by atoms with Crippen LogP contribution in [0.5, 0.6) is 0 Å². The van der Waals surface area contributed by atoms with Crippen LogP contribution in [0.1, 0.15) is 25.2 Å². The number of fused-ring (bicyclic) bond motifs is 5. The van der Waals surface area contributed by atoms with Crippen molar-refractivity contribution in [2.24, 2.45) is 5.92 Å². The van der Waals surface area contributed by atoms with Gasteiger partial charge in [0.1, 0.15) is 17.7 Å². The molecule has 5 rings (SSSR count). The third-order valence-corrected chi connectivity index (χ3v) is 7.43. The van der Waals surface area contributed by atoms with Gasteiger partial charge in [0.2, 0.25) is 5.91 Å². The van der Waals surface area contributed by atoms with E-state index in [1.165, 1.54) is 10.5 Å². The van der Waals surface area contributed by atoms with Gasteiger partial charge in [-0.05, 0) is 42.0 Å². The number of carbonyl (C=O) groups excluding carboxylic acids is 1. The van der Waals surface area contributed by atoms with E-state index in [1.54, 1.807) is 11.8 Å². The minimum atomic E-state index is -0.374. The first-order chi connectivity index (χ1) is 16.5. The van der Waals surface area contributed by atoms with Crippen LogP contribution in [0.25, 0.3) is 10.9 Å². The summed E-state index contributed by atoms with van der Waals surface area (Å²) in [4.78, 5) is 29.1. The van der Waals surface area contributed by atoms with Gasteiger partial charge in [-0.15, -0.1) is 11.8 Å². The lowest BCUT2D eigenvalue weighted by molar-refractivity contribution is -0.125. The maximum atomic E-state index is 13.4. The molecule has 1 unspecified atom stereocenters. The quantitative estimate of drug-likeness (QED) is 0.558. The Labute approximate surface area is 205 Å². The topological polar surface area (TPSA) is 73.4 Å². The van der Waals surface area contributed by atoms with Crippen molar-refractivity contribution >= 4 is 34.4 Å². The van der Waals surface area contributed by atoms with Crippen LogP contribution in [-0.4, -0.2) is 63.8 Å². The predicted molar refractivity (Wildman–Crippen MR) is 138 cm³/mol. The van der Waals surface area contributed by atoms with E-state index in [0.717, 1.165) is 48.7 Å². The molecule has 2 aliphatic rings. The molecule has 3 heterocycles. The van der Waals surface area contributed by atoms with Crippen molar-refractivity contribution in [1.82, 2.24) is 25.1 Å². The number of carbonyl (C=O) groups is 1. The Morgan fingerprint density at radius 3 is 2.62 bits per heavy atom. The van der Waals surface area contributed by atoms with Gasteiger partial charge in [0, 0.05) is 36.5 Å². The molecule has 1 fully saturated rings. The molecule has 0 radical (unpaired) electrons. The number of benzene rings is 2. The molecule has 2 bridgehead atoms. The largest absolute Gasteiger partial charge is 0.358 e. The molecule has 2 aliphatic heterocycles. The monoisotopic (exact) mass is 476 g/mol. The Morgan fingerprint density at radius 2 is 1.85 bits per heavy atom. The third kappa shape index (κ3) is 4.89. The zero-order valence-electron chi connectivity index (χ0n) is 20.0. The molecule has 2 atom stereocenters. The fourth-order valence-electron chi connectivity index (χ4n) is 4.76. The van der Waals surface area contributed by atoms with Gasteiger partial charge in [0.15, 0.2) is 0 Å². The second-order valence-electron chi connectivity index (χ2n) is 9.45. The van der Waals surface area contributed by atoms with Crippen molar-refractivity contribution in [3.63, 3.8) is 0 Å². The normalized spacial score (nSPS) is 21.7. The van der Waals surface area contributed by atoms with Crippen molar-refractivity contribution in [2.75, 3.05) is 31.2 Å². The number of piperazine rings is 1. The molecule has 1 saturated heterocycles. The Morgan fingerprint density at radius 1 is 1.06 bits per heavy atom. The van der Waals surface area contributed by atoms with Crippen LogP contribution in [0.3, 0.4) is 0 Å². The van der Waals surface area contributed by atoms with Crippen LogP contribution in [0.2, 0.25) is 0 Å². The van der Waals surface area contributed by atoms with Crippen LogP contribution in [-0.2, 0) is 17.9 Å². The lowest BCUT2D eigenvalue weighted by atomic mass is 10.0. The van der Waals surface area contributed by atoms with Crippen molar-refractivity contribution in [2.45, 2.75) is 44.0 Å². The number of hydrogen-bond acceptors (Lipinski definition) is 7. The molecule has 7 nitrogen and oxygen atoms in total. The van der Waals surface area contributed by atoms with E-state index in [-0.39, 0.29) is 24.0 Å². The third-order valence-electron chi connectivity index (χ3n) is 6.68. The van der Waals surface area contributed by atoms with Crippen molar-refractivity contribution in [3.05, 3.63) is 59.9 Å². The van der Waals surface area contributed by atoms with Crippen LogP contribution in [0.15, 0.2) is 53.4 Å². The molecule has 0 aliphatic carbocycles. The Balaban J connectivity index is 1.42. The summed E-state index contributed by atoms with van der Waals surface area (Å²) in [6, 6.07) is 16.4. The van der Waals surface area contributed by atoms with Crippen molar-refractivity contribution < 1.29 is 4.79 Å². The molecular formula is C26H32N6OS. The highest BCUT2D eigenvalue weighted by Gasteiger charge is 2.33. The average Bonchev–Trinajstić information content (AvgIpc) is 2.84. The van der Waals surface area contributed by atoms with Gasteiger partial charge in [0.25, 0.3) is 0 Å². The maximum Gasteiger partial charge on any atom is 0.244 e. The lowest BCUT2D eigenvalue weighted by Crippen LogP contribution is -2.62. The van der Waals surface area contributed by atoms with Crippen molar-refractivity contribution in [1.29, 1.82) is 0 Å². The molecule has 0 spiro atoms. The average molecular weight is 477 g/mol. The number of hydrogen-bond donors (Lipinski definition) is 2. The van der Waals surface area contributed by atoms with E-state index in [1.807, 2.05) is 24.3 Å². The standard InChI is InChI=1S/C26H32N6OS/c1-17(2)24-26(33)29-23-16-31(14-18-8-10-19(34-3)11-9-18)12-13-32(23)15-22-27-21-7-5-4-6-20(21)25(28-22)30-24/h4-11,17,23-24H,12-16H2,1-3H3,(H,29,33)(H,27,28,30)/t23?,24-/m0/s1. The zero-order valence-corrected chi connectivity index (χ0v) is 20.8. The van der Waals surface area contributed by atoms with Gasteiger partial charge < -0.3 is 10.6 Å². The molecule has 1 amide bonds. The van der Waals surface area contributed by atoms with Crippen LogP contribution in [0, 0.1) is 5.92 Å². The van der Waals surface area contributed by atoms with E-state index in [0.29, 0.717) is 6.54 Å². The molecule has 178 valence electrons. The highest BCUT2D eigenvalue weighted by molar-refractivity contribution is 7.98. The van der Waals surface area contributed by atoms with Crippen molar-refractivity contribution in [3.8, 4) is 0 Å². The number of anilines is 1. The molecule has 3 aromatic rings. The fourth-order valence-corrected chi connectivity index (χ4v) is 5.17. The molecule has 1 aromatic heterocycles. The number of rotatable bonds is 4. The van der Waals surface area contributed by atoms with Crippen LogP contribution < -0.4 is 10.6 Å². The summed E-state index contributed by atoms with van der Waals surface area (Å²) in [7, 11) is 0. The minimum absolute atomic E-state index is 0.0160. The maximum absolute atomic E-state index is 13.4. The molecule has 0 saturated carbocycles. The number of thioether (sulfide) groups is 1. The van der Waals surface area contributed by atoms with Gasteiger partial charge in [-0.1, -0.05) is 38.1 Å². The van der Waals surface area contributed by atoms with Gasteiger partial charge in [0.05, 0.1) is 18.2 Å². The van der Waals surface area contributed by atoms with Crippen LogP contribution in [0.4, 0.5) is 5.82 Å². The predicted octanol–water partition coefficient (Wildman–Crippen LogP) is 3.56. The van der Waals surface area contributed by atoms with E-state index in [4.69, 9.17) is 9.97 Å². The second-order valence-corrected chi connectivity index (χ2v) is 10.3. The highest BCUT2D eigenvalue weighted by Crippen LogP contribution is 2.25. The van der Waals surface area contributed by atoms with Gasteiger partial charge in [-0.2, -0.15) is 0 Å². The fraction of sp³-hybridized carbons (Fsp3) is 0.423. The first-order valence-electron chi connectivity index (χ1n) is 11.9.